The Morgan fingerprint density at radius 1 is 1.25 bits per heavy atom. The second kappa shape index (κ2) is 5.99. The van der Waals surface area contributed by atoms with Crippen molar-refractivity contribution in [2.75, 3.05) is 7.05 Å². The topological polar surface area (TPSA) is 42.7 Å². The van der Waals surface area contributed by atoms with Gasteiger partial charge in [0.15, 0.2) is 5.82 Å². The maximum Gasteiger partial charge on any atom is 0.150 e. The third kappa shape index (κ3) is 3.04. The van der Waals surface area contributed by atoms with Gasteiger partial charge in [0.05, 0.1) is 6.54 Å². The number of nitrogens with one attached hydrogen (secondary N) is 1. The van der Waals surface area contributed by atoms with E-state index < -0.39 is 0 Å². The van der Waals surface area contributed by atoms with Crippen LogP contribution in [0.4, 0.5) is 0 Å². The Bertz CT molecular complexity index is 317. The second-order valence-electron chi connectivity index (χ2n) is 4.47. The fraction of sp³-hybridized carbons (Fsp3) is 0.833. The predicted octanol–water partition coefficient (Wildman–Crippen LogP) is 1.65. The summed E-state index contributed by atoms with van der Waals surface area (Å²) in [5.74, 6) is 2.65. The fourth-order valence-corrected chi connectivity index (χ4v) is 1.81. The highest BCUT2D eigenvalue weighted by atomic mass is 15.4. The predicted molar refractivity (Wildman–Crippen MR) is 66.5 cm³/mol. The molecule has 4 heteroatoms. The van der Waals surface area contributed by atoms with E-state index in [9.17, 15) is 0 Å². The number of aromatic nitrogens is 3. The lowest BCUT2D eigenvalue weighted by Crippen LogP contribution is -2.35. The van der Waals surface area contributed by atoms with E-state index in [0.29, 0.717) is 12.0 Å². The van der Waals surface area contributed by atoms with Gasteiger partial charge in [0.1, 0.15) is 5.82 Å². The summed E-state index contributed by atoms with van der Waals surface area (Å²) in [5, 5.41) is 7.88. The molecule has 0 amide bonds. The number of rotatable bonds is 6. The molecule has 1 aromatic rings. The number of hydrogen-bond donors (Lipinski definition) is 1. The molecule has 0 saturated heterocycles. The first-order valence-corrected chi connectivity index (χ1v) is 6.22. The summed E-state index contributed by atoms with van der Waals surface area (Å²) in [4.78, 5) is 4.52. The fourth-order valence-electron chi connectivity index (χ4n) is 1.81. The van der Waals surface area contributed by atoms with Crippen molar-refractivity contribution in [1.29, 1.82) is 0 Å². The Hall–Kier alpha value is -0.900. The quantitative estimate of drug-likeness (QED) is 0.799. The van der Waals surface area contributed by atoms with E-state index in [4.69, 9.17) is 0 Å². The monoisotopic (exact) mass is 224 g/mol. The van der Waals surface area contributed by atoms with Crippen LogP contribution in [0.1, 0.15) is 39.3 Å². The maximum atomic E-state index is 4.54. The molecule has 1 N–H and O–H groups in total. The summed E-state index contributed by atoms with van der Waals surface area (Å²) in [7, 11) is 2.01. The van der Waals surface area contributed by atoms with Crippen molar-refractivity contribution in [3.63, 3.8) is 0 Å². The zero-order valence-electron chi connectivity index (χ0n) is 11.1. The Morgan fingerprint density at radius 2 is 1.94 bits per heavy atom. The lowest BCUT2D eigenvalue weighted by atomic mass is 10.1. The largest absolute Gasteiger partial charge is 0.315 e. The van der Waals surface area contributed by atoms with Gasteiger partial charge in [0.25, 0.3) is 0 Å². The smallest absolute Gasteiger partial charge is 0.150 e. The zero-order valence-corrected chi connectivity index (χ0v) is 11.1. The second-order valence-corrected chi connectivity index (χ2v) is 4.47. The molecular formula is C12H24N4. The molecule has 1 aromatic heterocycles. The van der Waals surface area contributed by atoms with Crippen LogP contribution in [0.25, 0.3) is 0 Å². The summed E-state index contributed by atoms with van der Waals surface area (Å²) >= 11 is 0. The molecule has 1 heterocycles. The molecule has 0 aliphatic carbocycles. The molecule has 0 aliphatic heterocycles. The highest BCUT2D eigenvalue weighted by Gasteiger charge is 2.15. The molecule has 92 valence electrons. The standard InChI is InChI=1S/C12H24N4/c1-6-11-14-12(7-2)16(15-11)8-10(13-5)9(3)4/h9-10,13H,6-8H2,1-5H3. The number of aryl methyl sites for hydroxylation is 2. The molecule has 4 nitrogen and oxygen atoms in total. The SMILES string of the molecule is CCc1nc(CC)n(CC(NC)C(C)C)n1. The first-order valence-electron chi connectivity index (χ1n) is 6.22. The molecule has 1 unspecified atom stereocenters. The van der Waals surface area contributed by atoms with Gasteiger partial charge < -0.3 is 5.32 Å². The summed E-state index contributed by atoms with van der Waals surface area (Å²) in [6.45, 7) is 9.58. The van der Waals surface area contributed by atoms with Crippen LogP contribution in [0.15, 0.2) is 0 Å². The highest BCUT2D eigenvalue weighted by molar-refractivity contribution is 4.93. The summed E-state index contributed by atoms with van der Waals surface area (Å²) in [6.07, 6.45) is 1.85. The molecule has 1 rings (SSSR count). The molecule has 16 heavy (non-hydrogen) atoms. The van der Waals surface area contributed by atoms with Gasteiger partial charge in [-0.05, 0) is 13.0 Å². The van der Waals surface area contributed by atoms with Crippen LogP contribution in [-0.2, 0) is 19.4 Å². The van der Waals surface area contributed by atoms with Crippen molar-refractivity contribution in [1.82, 2.24) is 20.1 Å². The number of likely N-dealkylation sites (N-methyl/N-ethyl adjacent to an activating group) is 1. The average molecular weight is 224 g/mol. The minimum Gasteiger partial charge on any atom is -0.315 e. The van der Waals surface area contributed by atoms with Gasteiger partial charge in [-0.2, -0.15) is 5.10 Å². The first-order chi connectivity index (χ1) is 7.62. The van der Waals surface area contributed by atoms with Crippen molar-refractivity contribution in [2.24, 2.45) is 5.92 Å². The molecule has 0 spiro atoms. The van der Waals surface area contributed by atoms with E-state index in [0.717, 1.165) is 31.0 Å². The van der Waals surface area contributed by atoms with Crippen LogP contribution < -0.4 is 5.32 Å². The maximum absolute atomic E-state index is 4.54. The molecule has 0 bridgehead atoms. The Morgan fingerprint density at radius 3 is 2.38 bits per heavy atom. The molecule has 0 fully saturated rings. The number of nitrogens with zero attached hydrogens (tertiary/aromatic N) is 3. The Balaban J connectivity index is 2.81. The van der Waals surface area contributed by atoms with Gasteiger partial charge in [-0.3, -0.25) is 0 Å². The third-order valence-corrected chi connectivity index (χ3v) is 2.97. The molecule has 0 aromatic carbocycles. The van der Waals surface area contributed by atoms with Crippen LogP contribution in [0.2, 0.25) is 0 Å². The minimum atomic E-state index is 0.455. The third-order valence-electron chi connectivity index (χ3n) is 2.97. The molecule has 0 radical (unpaired) electrons. The average Bonchev–Trinajstić information content (AvgIpc) is 2.67. The summed E-state index contributed by atoms with van der Waals surface area (Å²) in [6, 6.07) is 0.455. The first kappa shape index (κ1) is 13.2. The van der Waals surface area contributed by atoms with E-state index in [-0.39, 0.29) is 0 Å². The zero-order chi connectivity index (χ0) is 12.1. The van der Waals surface area contributed by atoms with Gasteiger partial charge in [-0.1, -0.05) is 27.7 Å². The summed E-state index contributed by atoms with van der Waals surface area (Å²) < 4.78 is 2.06. The van der Waals surface area contributed by atoms with E-state index in [1.807, 2.05) is 7.05 Å². The van der Waals surface area contributed by atoms with Crippen molar-refractivity contribution in [3.05, 3.63) is 11.6 Å². The van der Waals surface area contributed by atoms with Crippen molar-refractivity contribution >= 4 is 0 Å². The van der Waals surface area contributed by atoms with E-state index in [1.54, 1.807) is 0 Å². The molecule has 0 saturated carbocycles. The van der Waals surface area contributed by atoms with E-state index in [1.165, 1.54) is 0 Å². The van der Waals surface area contributed by atoms with Gasteiger partial charge in [-0.15, -0.1) is 0 Å². The molecular weight excluding hydrogens is 200 g/mol. The van der Waals surface area contributed by atoms with Crippen LogP contribution in [-0.4, -0.2) is 27.9 Å². The van der Waals surface area contributed by atoms with Crippen LogP contribution in [0.3, 0.4) is 0 Å². The summed E-state index contributed by atoms with van der Waals surface area (Å²) in [5.41, 5.74) is 0. The highest BCUT2D eigenvalue weighted by Crippen LogP contribution is 2.07. The van der Waals surface area contributed by atoms with E-state index in [2.05, 4.69) is 47.8 Å². The minimum absolute atomic E-state index is 0.455. The van der Waals surface area contributed by atoms with Gasteiger partial charge in [-0.25, -0.2) is 9.67 Å². The lowest BCUT2D eigenvalue weighted by Gasteiger charge is -2.20. The van der Waals surface area contributed by atoms with Crippen molar-refractivity contribution in [2.45, 2.75) is 53.1 Å². The van der Waals surface area contributed by atoms with Gasteiger partial charge in [0, 0.05) is 18.9 Å². The van der Waals surface area contributed by atoms with Gasteiger partial charge in [0.2, 0.25) is 0 Å². The van der Waals surface area contributed by atoms with Crippen molar-refractivity contribution in [3.8, 4) is 0 Å². The van der Waals surface area contributed by atoms with Crippen molar-refractivity contribution < 1.29 is 0 Å². The Labute approximate surface area is 98.5 Å². The Kier molecular flexibility index (Phi) is 4.93. The lowest BCUT2D eigenvalue weighted by molar-refractivity contribution is 0.356. The van der Waals surface area contributed by atoms with Crippen LogP contribution in [0, 0.1) is 5.92 Å². The molecule has 1 atom stereocenters. The molecule has 0 aliphatic rings. The van der Waals surface area contributed by atoms with Crippen LogP contribution >= 0.6 is 0 Å². The van der Waals surface area contributed by atoms with Gasteiger partial charge >= 0.3 is 0 Å². The number of hydrogen-bond acceptors (Lipinski definition) is 3. The van der Waals surface area contributed by atoms with E-state index >= 15 is 0 Å². The normalized spacial score (nSPS) is 13.4. The van der Waals surface area contributed by atoms with Crippen LogP contribution in [0.5, 0.6) is 0 Å².